The van der Waals surface area contributed by atoms with Crippen LogP contribution < -0.4 is 10.5 Å². The number of hydrogen-bond donors (Lipinski definition) is 0. The van der Waals surface area contributed by atoms with Crippen molar-refractivity contribution in [2.75, 3.05) is 23.4 Å². The van der Waals surface area contributed by atoms with Crippen LogP contribution in [0.15, 0.2) is 17.2 Å². The number of alkyl halides is 1. The maximum Gasteiger partial charge on any atom is 0.293 e. The molecule has 1 fully saturated rings. The van der Waals surface area contributed by atoms with E-state index in [0.717, 1.165) is 5.33 Å². The fourth-order valence-electron chi connectivity index (χ4n) is 2.33. The Morgan fingerprint density at radius 1 is 1.50 bits per heavy atom. The maximum atomic E-state index is 12.7. The monoisotopic (exact) mass is 343 g/mol. The Morgan fingerprint density at radius 3 is 2.80 bits per heavy atom. The van der Waals surface area contributed by atoms with E-state index in [4.69, 9.17) is 4.74 Å². The highest BCUT2D eigenvalue weighted by atomic mass is 79.9. The minimum absolute atomic E-state index is 0.0397. The van der Waals surface area contributed by atoms with E-state index < -0.39 is 0 Å². The maximum absolute atomic E-state index is 12.7. The van der Waals surface area contributed by atoms with E-state index in [2.05, 4.69) is 32.7 Å². The van der Waals surface area contributed by atoms with Gasteiger partial charge in [-0.25, -0.2) is 4.98 Å². The number of halogens is 1. The molecule has 0 amide bonds. The Balaban J connectivity index is 2.39. The SMILES string of the molecule is CC1COC(CBr)CN1c1nccn(C(C)(C)C)c1=O. The smallest absolute Gasteiger partial charge is 0.293 e. The van der Waals surface area contributed by atoms with Gasteiger partial charge in [0.2, 0.25) is 0 Å². The van der Waals surface area contributed by atoms with Gasteiger partial charge in [0.25, 0.3) is 5.56 Å². The first-order valence-electron chi connectivity index (χ1n) is 6.87. The molecule has 1 aromatic heterocycles. The first-order valence-corrected chi connectivity index (χ1v) is 7.99. The van der Waals surface area contributed by atoms with Crippen LogP contribution in [0.25, 0.3) is 0 Å². The zero-order chi connectivity index (χ0) is 14.9. The molecule has 2 atom stereocenters. The summed E-state index contributed by atoms with van der Waals surface area (Å²) < 4.78 is 7.44. The summed E-state index contributed by atoms with van der Waals surface area (Å²) in [6, 6.07) is 0.154. The average Bonchev–Trinajstić information content (AvgIpc) is 2.38. The summed E-state index contributed by atoms with van der Waals surface area (Å²) in [5.41, 5.74) is -0.291. The van der Waals surface area contributed by atoms with Crippen LogP contribution in [0.2, 0.25) is 0 Å². The molecular weight excluding hydrogens is 322 g/mol. The summed E-state index contributed by atoms with van der Waals surface area (Å²) in [4.78, 5) is 19.0. The van der Waals surface area contributed by atoms with Crippen LogP contribution in [0.3, 0.4) is 0 Å². The standard InChI is InChI=1S/C14H22BrN3O2/c1-10-9-20-11(7-15)8-17(10)12-13(19)18(6-5-16-12)14(2,3)4/h5-6,10-11H,7-9H2,1-4H3. The van der Waals surface area contributed by atoms with Crippen molar-refractivity contribution in [3.63, 3.8) is 0 Å². The second-order valence-electron chi connectivity index (χ2n) is 6.21. The van der Waals surface area contributed by atoms with Gasteiger partial charge in [0.05, 0.1) is 18.8 Å². The second kappa shape index (κ2) is 5.85. The molecule has 0 saturated carbocycles. The Bertz CT molecular complexity index is 524. The lowest BCUT2D eigenvalue weighted by atomic mass is 10.1. The van der Waals surface area contributed by atoms with Gasteiger partial charge in [0.15, 0.2) is 5.82 Å². The third-order valence-corrected chi connectivity index (χ3v) is 4.22. The molecule has 0 aromatic carbocycles. The van der Waals surface area contributed by atoms with Crippen molar-refractivity contribution in [3.05, 3.63) is 22.7 Å². The van der Waals surface area contributed by atoms with Gasteiger partial charge in [-0.2, -0.15) is 0 Å². The molecule has 5 nitrogen and oxygen atoms in total. The molecule has 6 heteroatoms. The zero-order valence-corrected chi connectivity index (χ0v) is 14.1. The van der Waals surface area contributed by atoms with E-state index in [9.17, 15) is 4.79 Å². The molecule has 0 aliphatic carbocycles. The molecular formula is C14H22BrN3O2. The zero-order valence-electron chi connectivity index (χ0n) is 12.5. The van der Waals surface area contributed by atoms with Crippen molar-refractivity contribution < 1.29 is 4.74 Å². The predicted molar refractivity (Wildman–Crippen MR) is 83.8 cm³/mol. The van der Waals surface area contributed by atoms with E-state index >= 15 is 0 Å². The van der Waals surface area contributed by atoms with E-state index in [1.54, 1.807) is 17.0 Å². The fourth-order valence-corrected chi connectivity index (χ4v) is 2.72. The molecule has 1 aliphatic rings. The van der Waals surface area contributed by atoms with Crippen LogP contribution in [0.5, 0.6) is 0 Å². The topological polar surface area (TPSA) is 47.4 Å². The molecule has 2 heterocycles. The quantitative estimate of drug-likeness (QED) is 0.770. The van der Waals surface area contributed by atoms with Crippen LogP contribution in [-0.2, 0) is 10.3 Å². The van der Waals surface area contributed by atoms with Gasteiger partial charge >= 0.3 is 0 Å². The summed E-state index contributed by atoms with van der Waals surface area (Å²) in [5, 5.41) is 0.760. The first kappa shape index (κ1) is 15.5. The molecule has 2 rings (SSSR count). The van der Waals surface area contributed by atoms with Gasteiger partial charge in [-0.05, 0) is 27.7 Å². The van der Waals surface area contributed by atoms with Crippen LogP contribution in [0.4, 0.5) is 5.82 Å². The number of ether oxygens (including phenoxy) is 1. The third-order valence-electron chi connectivity index (χ3n) is 3.50. The summed E-state index contributed by atoms with van der Waals surface area (Å²) in [6.07, 6.45) is 3.54. The highest BCUT2D eigenvalue weighted by Crippen LogP contribution is 2.19. The highest BCUT2D eigenvalue weighted by molar-refractivity contribution is 9.09. The van der Waals surface area contributed by atoms with Gasteiger partial charge in [0, 0.05) is 29.8 Å². The first-order chi connectivity index (χ1) is 9.34. The molecule has 20 heavy (non-hydrogen) atoms. The molecule has 1 aliphatic heterocycles. The Morgan fingerprint density at radius 2 is 2.20 bits per heavy atom. The molecule has 2 unspecified atom stereocenters. The summed E-state index contributed by atoms with van der Waals surface area (Å²) >= 11 is 3.44. The van der Waals surface area contributed by atoms with Crippen molar-refractivity contribution >= 4 is 21.7 Å². The van der Waals surface area contributed by atoms with Crippen LogP contribution in [0.1, 0.15) is 27.7 Å². The van der Waals surface area contributed by atoms with Gasteiger partial charge < -0.3 is 14.2 Å². The van der Waals surface area contributed by atoms with E-state index in [-0.39, 0.29) is 23.2 Å². The van der Waals surface area contributed by atoms with Crippen LogP contribution in [-0.4, -0.2) is 40.2 Å². The van der Waals surface area contributed by atoms with Crippen molar-refractivity contribution in [2.45, 2.75) is 45.4 Å². The molecule has 0 spiro atoms. The Hall–Kier alpha value is -0.880. The van der Waals surface area contributed by atoms with E-state index in [1.807, 2.05) is 20.8 Å². The molecule has 112 valence electrons. The number of anilines is 1. The minimum Gasteiger partial charge on any atom is -0.373 e. The molecule has 0 N–H and O–H groups in total. The van der Waals surface area contributed by atoms with Crippen molar-refractivity contribution in [2.24, 2.45) is 0 Å². The summed E-state index contributed by atoms with van der Waals surface area (Å²) in [7, 11) is 0. The fraction of sp³-hybridized carbons (Fsp3) is 0.714. The van der Waals surface area contributed by atoms with Crippen LogP contribution in [0, 0.1) is 0 Å². The molecule has 1 saturated heterocycles. The summed E-state index contributed by atoms with van der Waals surface area (Å²) in [5.74, 6) is 0.518. The lowest BCUT2D eigenvalue weighted by Crippen LogP contribution is -2.52. The predicted octanol–water partition coefficient (Wildman–Crippen LogP) is 1.99. The number of morpholine rings is 1. The number of rotatable bonds is 2. The molecule has 0 radical (unpaired) electrons. The van der Waals surface area contributed by atoms with Crippen molar-refractivity contribution in [1.82, 2.24) is 9.55 Å². The highest BCUT2D eigenvalue weighted by Gasteiger charge is 2.29. The van der Waals surface area contributed by atoms with E-state index in [1.165, 1.54) is 0 Å². The van der Waals surface area contributed by atoms with Gasteiger partial charge in [0.1, 0.15) is 0 Å². The minimum atomic E-state index is -0.251. The molecule has 1 aromatic rings. The van der Waals surface area contributed by atoms with Crippen molar-refractivity contribution in [1.29, 1.82) is 0 Å². The normalized spacial score (nSPS) is 23.9. The van der Waals surface area contributed by atoms with Crippen LogP contribution >= 0.6 is 15.9 Å². The number of aromatic nitrogens is 2. The second-order valence-corrected chi connectivity index (χ2v) is 6.86. The van der Waals surface area contributed by atoms with E-state index in [0.29, 0.717) is 19.0 Å². The summed E-state index contributed by atoms with van der Waals surface area (Å²) in [6.45, 7) is 9.40. The lowest BCUT2D eigenvalue weighted by molar-refractivity contribution is 0.0374. The molecule has 0 bridgehead atoms. The largest absolute Gasteiger partial charge is 0.373 e. The van der Waals surface area contributed by atoms with Crippen molar-refractivity contribution in [3.8, 4) is 0 Å². The lowest BCUT2D eigenvalue weighted by Gasteiger charge is -2.38. The van der Waals surface area contributed by atoms with Gasteiger partial charge in [-0.3, -0.25) is 4.79 Å². The Kier molecular flexibility index (Phi) is 4.54. The van der Waals surface area contributed by atoms with Gasteiger partial charge in [-0.1, -0.05) is 15.9 Å². The average molecular weight is 344 g/mol. The Labute approximate surface area is 128 Å². The third kappa shape index (κ3) is 3.06. The van der Waals surface area contributed by atoms with Gasteiger partial charge in [-0.15, -0.1) is 0 Å². The number of nitrogens with zero attached hydrogens (tertiary/aromatic N) is 3. The number of hydrogen-bond acceptors (Lipinski definition) is 4.